The molecule has 1 heterocycles. The molecule has 0 aromatic carbocycles. The van der Waals surface area contributed by atoms with E-state index in [0.717, 1.165) is 6.07 Å². The van der Waals surface area contributed by atoms with Gasteiger partial charge in [0.15, 0.2) is 0 Å². The number of aromatic nitrogens is 1. The molecule has 0 bridgehead atoms. The molecule has 0 saturated heterocycles. The van der Waals surface area contributed by atoms with Gasteiger partial charge in [0.1, 0.15) is 5.69 Å². The van der Waals surface area contributed by atoms with Gasteiger partial charge in [-0.3, -0.25) is 0 Å². The van der Waals surface area contributed by atoms with Crippen LogP contribution in [0.25, 0.3) is 0 Å². The topological polar surface area (TPSA) is 12.9 Å². The first-order valence-electron chi connectivity index (χ1n) is 5.98. The lowest BCUT2D eigenvalue weighted by molar-refractivity contribution is -0.141. The Kier molecular flexibility index (Phi) is 10.9. The maximum Gasteiger partial charge on any atom is 0.433 e. The Hall–Kier alpha value is -1.06. The quantitative estimate of drug-likeness (QED) is 0.674. The highest BCUT2D eigenvalue weighted by Crippen LogP contribution is 2.27. The molecule has 0 unspecified atom stereocenters. The highest BCUT2D eigenvalue weighted by molar-refractivity contribution is 5.13. The molecule has 100 valence electrons. The fourth-order valence-electron chi connectivity index (χ4n) is 0.834. The van der Waals surface area contributed by atoms with E-state index in [4.69, 9.17) is 0 Å². The van der Waals surface area contributed by atoms with Crippen molar-refractivity contribution >= 4 is 0 Å². The Balaban J connectivity index is 0. The molecule has 0 aliphatic carbocycles. The summed E-state index contributed by atoms with van der Waals surface area (Å²) in [6, 6.07) is 3.92. The molecule has 1 rings (SSSR count). The van der Waals surface area contributed by atoms with E-state index < -0.39 is 11.9 Å². The zero-order valence-corrected chi connectivity index (χ0v) is 11.2. The minimum Gasteiger partial charge on any atom is -0.248 e. The SMILES string of the molecule is CC.CCC.CCc1cccc(C(F)(F)F)n1. The van der Waals surface area contributed by atoms with E-state index in [1.165, 1.54) is 12.5 Å². The van der Waals surface area contributed by atoms with Crippen molar-refractivity contribution < 1.29 is 13.2 Å². The fraction of sp³-hybridized carbons (Fsp3) is 0.615. The number of hydrogen-bond acceptors (Lipinski definition) is 1. The van der Waals surface area contributed by atoms with Crippen LogP contribution in [0.5, 0.6) is 0 Å². The molecule has 17 heavy (non-hydrogen) atoms. The van der Waals surface area contributed by atoms with Crippen LogP contribution >= 0.6 is 0 Å². The van der Waals surface area contributed by atoms with E-state index in [0.29, 0.717) is 12.1 Å². The summed E-state index contributed by atoms with van der Waals surface area (Å²) in [5.41, 5.74) is -0.355. The van der Waals surface area contributed by atoms with Gasteiger partial charge in [-0.1, -0.05) is 47.1 Å². The Morgan fingerprint density at radius 3 is 1.88 bits per heavy atom. The normalized spacial score (nSPS) is 9.65. The Labute approximate surface area is 102 Å². The molecule has 0 radical (unpaired) electrons. The van der Waals surface area contributed by atoms with Crippen molar-refractivity contribution in [1.29, 1.82) is 0 Å². The van der Waals surface area contributed by atoms with E-state index in [1.807, 2.05) is 13.8 Å². The summed E-state index contributed by atoms with van der Waals surface area (Å²) in [6.07, 6.45) is -2.56. The van der Waals surface area contributed by atoms with E-state index >= 15 is 0 Å². The van der Waals surface area contributed by atoms with Gasteiger partial charge in [0.2, 0.25) is 0 Å². The maximum absolute atomic E-state index is 12.0. The van der Waals surface area contributed by atoms with Gasteiger partial charge >= 0.3 is 6.18 Å². The first kappa shape index (κ1) is 18.3. The lowest BCUT2D eigenvalue weighted by atomic mass is 10.2. The minimum atomic E-state index is -4.33. The summed E-state index contributed by atoms with van der Waals surface area (Å²) >= 11 is 0. The van der Waals surface area contributed by atoms with E-state index in [-0.39, 0.29) is 0 Å². The highest BCUT2D eigenvalue weighted by Gasteiger charge is 2.32. The molecule has 0 aliphatic heterocycles. The van der Waals surface area contributed by atoms with Crippen LogP contribution in [0.3, 0.4) is 0 Å². The number of hydrogen-bond donors (Lipinski definition) is 0. The van der Waals surface area contributed by atoms with Crippen molar-refractivity contribution in [3.05, 3.63) is 29.6 Å². The number of nitrogens with zero attached hydrogens (tertiary/aromatic N) is 1. The molecular weight excluding hydrogens is 227 g/mol. The van der Waals surface area contributed by atoms with Crippen molar-refractivity contribution in [2.75, 3.05) is 0 Å². The zero-order valence-electron chi connectivity index (χ0n) is 11.2. The molecule has 0 saturated carbocycles. The molecule has 1 nitrogen and oxygen atoms in total. The molecule has 1 aromatic heterocycles. The van der Waals surface area contributed by atoms with Gasteiger partial charge in [0.25, 0.3) is 0 Å². The van der Waals surface area contributed by atoms with Crippen molar-refractivity contribution in [3.8, 4) is 0 Å². The van der Waals surface area contributed by atoms with Crippen LogP contribution in [0.15, 0.2) is 18.2 Å². The van der Waals surface area contributed by atoms with E-state index in [9.17, 15) is 13.2 Å². The second-order valence-electron chi connectivity index (χ2n) is 3.07. The van der Waals surface area contributed by atoms with Crippen molar-refractivity contribution in [2.45, 2.75) is 53.6 Å². The summed E-state index contributed by atoms with van der Waals surface area (Å²) in [5.74, 6) is 0. The van der Waals surface area contributed by atoms with Gasteiger partial charge in [-0.05, 0) is 18.6 Å². The van der Waals surface area contributed by atoms with Gasteiger partial charge < -0.3 is 0 Å². The average Bonchev–Trinajstić information content (AvgIpc) is 2.32. The third-order valence-corrected chi connectivity index (χ3v) is 1.46. The molecule has 0 aliphatic rings. The molecule has 0 amide bonds. The summed E-state index contributed by atoms with van der Waals surface area (Å²) in [7, 11) is 0. The minimum absolute atomic E-state index is 0.463. The first-order valence-corrected chi connectivity index (χ1v) is 5.98. The Morgan fingerprint density at radius 2 is 1.53 bits per heavy atom. The van der Waals surface area contributed by atoms with Gasteiger partial charge in [0.05, 0.1) is 0 Å². The number of pyridine rings is 1. The van der Waals surface area contributed by atoms with E-state index in [1.54, 1.807) is 13.0 Å². The molecule has 4 heteroatoms. The largest absolute Gasteiger partial charge is 0.433 e. The molecule has 0 N–H and O–H groups in total. The predicted octanol–water partition coefficient (Wildman–Crippen LogP) is 5.11. The first-order chi connectivity index (χ1) is 7.95. The smallest absolute Gasteiger partial charge is 0.248 e. The number of halogens is 3. The van der Waals surface area contributed by atoms with Crippen molar-refractivity contribution in [1.82, 2.24) is 4.98 Å². The summed E-state index contributed by atoms with van der Waals surface area (Å²) in [6.45, 7) is 10.0. The van der Waals surface area contributed by atoms with Crippen LogP contribution < -0.4 is 0 Å². The zero-order chi connectivity index (χ0) is 13.9. The van der Waals surface area contributed by atoms with Crippen LogP contribution in [-0.2, 0) is 12.6 Å². The van der Waals surface area contributed by atoms with Gasteiger partial charge in [0, 0.05) is 5.69 Å². The van der Waals surface area contributed by atoms with Gasteiger partial charge in [-0.2, -0.15) is 13.2 Å². The predicted molar refractivity (Wildman–Crippen MR) is 65.9 cm³/mol. The summed E-state index contributed by atoms with van der Waals surface area (Å²) < 4.78 is 36.1. The Morgan fingerprint density at radius 1 is 1.06 bits per heavy atom. The summed E-state index contributed by atoms with van der Waals surface area (Å²) in [4.78, 5) is 3.44. The second-order valence-corrected chi connectivity index (χ2v) is 3.07. The average molecular weight is 249 g/mol. The van der Waals surface area contributed by atoms with Crippen LogP contribution in [-0.4, -0.2) is 4.98 Å². The number of rotatable bonds is 1. The third-order valence-electron chi connectivity index (χ3n) is 1.46. The molecular formula is C13H22F3N. The molecule has 0 fully saturated rings. The number of aryl methyl sites for hydroxylation is 1. The Bertz CT molecular complexity index is 282. The molecule has 0 atom stereocenters. The van der Waals surface area contributed by atoms with Gasteiger partial charge in [-0.25, -0.2) is 4.98 Å². The van der Waals surface area contributed by atoms with Gasteiger partial charge in [-0.15, -0.1) is 0 Å². The van der Waals surface area contributed by atoms with Crippen molar-refractivity contribution in [2.24, 2.45) is 0 Å². The lowest BCUT2D eigenvalue weighted by Crippen LogP contribution is -2.08. The molecule has 0 spiro atoms. The van der Waals surface area contributed by atoms with Crippen LogP contribution in [0.4, 0.5) is 13.2 Å². The highest BCUT2D eigenvalue weighted by atomic mass is 19.4. The lowest BCUT2D eigenvalue weighted by Gasteiger charge is -2.05. The maximum atomic E-state index is 12.0. The third kappa shape index (κ3) is 8.72. The van der Waals surface area contributed by atoms with E-state index in [2.05, 4.69) is 18.8 Å². The number of alkyl halides is 3. The van der Waals surface area contributed by atoms with Crippen LogP contribution in [0, 0.1) is 0 Å². The van der Waals surface area contributed by atoms with Crippen LogP contribution in [0.1, 0.15) is 52.4 Å². The second kappa shape index (κ2) is 10.1. The fourth-order valence-corrected chi connectivity index (χ4v) is 0.834. The molecule has 1 aromatic rings. The monoisotopic (exact) mass is 249 g/mol. The standard InChI is InChI=1S/C8H8F3N.C3H8.C2H6/c1-2-6-4-3-5-7(12-6)8(9,10)11;1-3-2;1-2/h3-5H,2H2,1H3;3H2,1-2H3;1-2H3. The summed E-state index contributed by atoms with van der Waals surface area (Å²) in [5, 5.41) is 0. The van der Waals surface area contributed by atoms with Crippen LogP contribution in [0.2, 0.25) is 0 Å². The van der Waals surface area contributed by atoms with Crippen molar-refractivity contribution in [3.63, 3.8) is 0 Å².